The summed E-state index contributed by atoms with van der Waals surface area (Å²) in [6.07, 6.45) is 5.41. The van der Waals surface area contributed by atoms with Crippen LogP contribution in [0.1, 0.15) is 56.4 Å². The third kappa shape index (κ3) is 4.54. The maximum atomic E-state index is 17.0. The third-order valence-corrected chi connectivity index (χ3v) is 10.9. The van der Waals surface area contributed by atoms with E-state index in [1.165, 1.54) is 12.1 Å². The predicted octanol–water partition coefficient (Wildman–Crippen LogP) is 6.21. The van der Waals surface area contributed by atoms with Gasteiger partial charge in [-0.25, -0.2) is 13.2 Å². The van der Waals surface area contributed by atoms with Gasteiger partial charge in [-0.2, -0.15) is 9.97 Å². The molecule has 4 atom stereocenters. The second kappa shape index (κ2) is 10.2. The van der Waals surface area contributed by atoms with Crippen LogP contribution in [0.3, 0.4) is 0 Å². The Balaban J connectivity index is 1.21. The zero-order valence-electron chi connectivity index (χ0n) is 25.0. The Morgan fingerprint density at radius 1 is 1.02 bits per heavy atom. The summed E-state index contributed by atoms with van der Waals surface area (Å²) in [6, 6.07) is 10.8. The van der Waals surface area contributed by atoms with Crippen molar-refractivity contribution in [3.05, 3.63) is 53.6 Å². The molecule has 0 spiro atoms. The number of anilines is 1. The number of hydrogen-bond acceptors (Lipinski definition) is 7. The van der Waals surface area contributed by atoms with E-state index in [9.17, 15) is 9.50 Å². The molecule has 4 saturated heterocycles. The monoisotopic (exact) mass is 615 g/mol. The first kappa shape index (κ1) is 27.7. The summed E-state index contributed by atoms with van der Waals surface area (Å²) in [7, 11) is 0. The fourth-order valence-electron chi connectivity index (χ4n) is 8.70. The molecule has 0 radical (unpaired) electrons. The minimum Gasteiger partial charge on any atom is -0.508 e. The summed E-state index contributed by atoms with van der Waals surface area (Å²) in [5.41, 5.74) is 0.691. The summed E-state index contributed by atoms with van der Waals surface area (Å²) in [5.74, 6) is -0.812. The number of nitrogens with zero attached hydrogens (tertiary/aromatic N) is 4. The highest BCUT2D eigenvalue weighted by atomic mass is 19.1. The Bertz CT molecular complexity index is 1840. The van der Waals surface area contributed by atoms with Gasteiger partial charge >= 0.3 is 6.01 Å². The zero-order chi connectivity index (χ0) is 30.4. The summed E-state index contributed by atoms with van der Waals surface area (Å²) >= 11 is 0. The van der Waals surface area contributed by atoms with Crippen LogP contribution in [-0.4, -0.2) is 76.6 Å². The zero-order valence-corrected chi connectivity index (χ0v) is 25.0. The normalized spacial score (nSPS) is 28.0. The highest BCUT2D eigenvalue weighted by Gasteiger charge is 2.49. The van der Waals surface area contributed by atoms with E-state index >= 15 is 8.78 Å². The largest absolute Gasteiger partial charge is 0.508 e. The van der Waals surface area contributed by atoms with Gasteiger partial charge in [0.05, 0.1) is 11.1 Å². The highest BCUT2D eigenvalue weighted by molar-refractivity contribution is 6.03. The summed E-state index contributed by atoms with van der Waals surface area (Å²) in [6.45, 7) is 2.76. The van der Waals surface area contributed by atoms with Gasteiger partial charge in [-0.1, -0.05) is 18.2 Å². The van der Waals surface area contributed by atoms with Crippen molar-refractivity contribution < 1.29 is 23.0 Å². The molecule has 4 aromatic rings. The van der Waals surface area contributed by atoms with Crippen molar-refractivity contribution in [3.8, 4) is 22.9 Å². The van der Waals surface area contributed by atoms with Gasteiger partial charge in [0, 0.05) is 43.5 Å². The van der Waals surface area contributed by atoms with E-state index in [2.05, 4.69) is 20.1 Å². The molecule has 2 unspecified atom stereocenters. The quantitative estimate of drug-likeness (QED) is 0.267. The number of alkyl halides is 1. The van der Waals surface area contributed by atoms with Crippen molar-refractivity contribution in [2.24, 2.45) is 0 Å². The number of benzene rings is 3. The van der Waals surface area contributed by atoms with E-state index in [4.69, 9.17) is 9.72 Å². The number of fused-ring (bicyclic) bond motifs is 5. The van der Waals surface area contributed by atoms with Crippen molar-refractivity contribution in [2.75, 3.05) is 37.7 Å². The number of phenols is 1. The van der Waals surface area contributed by atoms with Crippen LogP contribution in [0.25, 0.3) is 32.8 Å². The predicted molar refractivity (Wildman–Crippen MR) is 167 cm³/mol. The molecule has 1 saturated carbocycles. The van der Waals surface area contributed by atoms with Crippen LogP contribution in [0.15, 0.2) is 36.4 Å². The first-order valence-electron chi connectivity index (χ1n) is 16.3. The number of hydrogen-bond donors (Lipinski definition) is 2. The van der Waals surface area contributed by atoms with Gasteiger partial charge in [0.25, 0.3) is 0 Å². The molecule has 4 aliphatic heterocycles. The molecule has 5 fully saturated rings. The van der Waals surface area contributed by atoms with E-state index in [0.717, 1.165) is 61.4 Å². The Morgan fingerprint density at radius 3 is 2.64 bits per heavy atom. The Morgan fingerprint density at radius 2 is 1.84 bits per heavy atom. The SMILES string of the molecule is Oc1cc(-c2c(F)cc3c(N4CC5CCC(C4)N5)nc(OC[C@@]45CCCN4C[C@H](F)C5)nc3c2F)c2c(C3CC3)cccc2c1. The van der Waals surface area contributed by atoms with Crippen molar-refractivity contribution in [1.82, 2.24) is 20.2 Å². The van der Waals surface area contributed by atoms with Crippen molar-refractivity contribution in [3.63, 3.8) is 0 Å². The molecule has 1 aliphatic carbocycles. The van der Waals surface area contributed by atoms with Crippen LogP contribution in [0.5, 0.6) is 11.8 Å². The topological polar surface area (TPSA) is 73.8 Å². The molecule has 1 aromatic heterocycles. The second-order valence-electron chi connectivity index (χ2n) is 13.9. The summed E-state index contributed by atoms with van der Waals surface area (Å²) in [5, 5.41) is 16.0. The molecule has 2 bridgehead atoms. The van der Waals surface area contributed by atoms with Crippen LogP contribution < -0.4 is 15.0 Å². The van der Waals surface area contributed by atoms with Gasteiger partial charge in [0.2, 0.25) is 0 Å². The molecule has 3 aromatic carbocycles. The van der Waals surface area contributed by atoms with Gasteiger partial charge in [-0.3, -0.25) is 4.90 Å². The number of ether oxygens (including phenoxy) is 1. The van der Waals surface area contributed by atoms with Crippen molar-refractivity contribution in [2.45, 2.75) is 74.7 Å². The average Bonchev–Trinajstić information content (AvgIpc) is 3.62. The Hall–Kier alpha value is -3.63. The fourth-order valence-corrected chi connectivity index (χ4v) is 8.70. The van der Waals surface area contributed by atoms with E-state index in [-0.39, 0.29) is 41.5 Å². The third-order valence-electron chi connectivity index (χ3n) is 10.9. The van der Waals surface area contributed by atoms with Gasteiger partial charge in [0.15, 0.2) is 5.82 Å². The number of aromatic nitrogens is 2. The molecule has 7 nitrogen and oxygen atoms in total. The van der Waals surface area contributed by atoms with Gasteiger partial charge in [-0.05, 0) is 91.1 Å². The van der Waals surface area contributed by atoms with Crippen LogP contribution in [0.2, 0.25) is 0 Å². The van der Waals surface area contributed by atoms with E-state index in [1.54, 1.807) is 6.07 Å². The van der Waals surface area contributed by atoms with Crippen molar-refractivity contribution in [1.29, 1.82) is 0 Å². The Kier molecular flexibility index (Phi) is 6.26. The standard InChI is InChI=1S/C35H36F3N5O2/c36-21-14-35(9-2-10-43(35)15-21)18-45-34-40-32-27(33(41-34)42-16-22-7-8-23(17-42)39-22)13-28(37)30(31(32)38)26-12-24(44)11-20-3-1-4-25(29(20)26)19-5-6-19/h1,3-4,11-13,19,21-23,39,44H,2,5-10,14-18H2/t21-,22?,23?,35+/m1/s1. The Labute approximate surface area is 259 Å². The molecule has 10 heteroatoms. The van der Waals surface area contributed by atoms with Gasteiger partial charge in [-0.15, -0.1) is 0 Å². The van der Waals surface area contributed by atoms with Crippen molar-refractivity contribution >= 4 is 27.5 Å². The molecule has 234 valence electrons. The molecule has 2 N–H and O–H groups in total. The molecular weight excluding hydrogens is 579 g/mol. The lowest BCUT2D eigenvalue weighted by molar-refractivity contribution is 0.107. The minimum atomic E-state index is -0.904. The van der Waals surface area contributed by atoms with E-state index < -0.39 is 23.3 Å². The van der Waals surface area contributed by atoms with Crippen LogP contribution >= 0.6 is 0 Å². The number of nitrogens with one attached hydrogen (secondary N) is 1. The van der Waals surface area contributed by atoms with Crippen LogP contribution in [0.4, 0.5) is 19.0 Å². The lowest BCUT2D eigenvalue weighted by Gasteiger charge is -2.34. The maximum Gasteiger partial charge on any atom is 0.319 e. The molecule has 45 heavy (non-hydrogen) atoms. The molecule has 5 heterocycles. The van der Waals surface area contributed by atoms with Crippen LogP contribution in [0, 0.1) is 11.6 Å². The van der Waals surface area contributed by atoms with Gasteiger partial charge < -0.3 is 20.1 Å². The van der Waals surface area contributed by atoms with E-state index in [0.29, 0.717) is 48.7 Å². The summed E-state index contributed by atoms with van der Waals surface area (Å²) < 4.78 is 54.1. The minimum absolute atomic E-state index is 0.0165. The molecular formula is C35H36F3N5O2. The average molecular weight is 616 g/mol. The highest BCUT2D eigenvalue weighted by Crippen LogP contribution is 2.48. The smallest absolute Gasteiger partial charge is 0.319 e. The van der Waals surface area contributed by atoms with Gasteiger partial charge in [0.1, 0.15) is 35.7 Å². The summed E-state index contributed by atoms with van der Waals surface area (Å²) in [4.78, 5) is 13.6. The molecule has 0 amide bonds. The molecule has 5 aliphatic rings. The van der Waals surface area contributed by atoms with Crippen LogP contribution in [-0.2, 0) is 0 Å². The number of halogens is 3. The number of rotatable bonds is 6. The first-order valence-corrected chi connectivity index (χ1v) is 16.3. The lowest BCUT2D eigenvalue weighted by Crippen LogP contribution is -2.51. The number of piperazine rings is 1. The maximum absolute atomic E-state index is 17.0. The van der Waals surface area contributed by atoms with E-state index in [1.807, 2.05) is 18.2 Å². The number of phenolic OH excluding ortho intramolecular Hbond substituents is 1. The second-order valence-corrected chi connectivity index (χ2v) is 13.9. The first-order chi connectivity index (χ1) is 21.8. The number of aromatic hydroxyl groups is 1. The molecule has 9 rings (SSSR count). The lowest BCUT2D eigenvalue weighted by atomic mass is 9.91. The fraction of sp³-hybridized carbons (Fsp3) is 0.486.